The van der Waals surface area contributed by atoms with Crippen LogP contribution < -0.4 is 37.9 Å². The van der Waals surface area contributed by atoms with Crippen LogP contribution in [0.25, 0.3) is 165 Å². The molecule has 0 fully saturated rings. The van der Waals surface area contributed by atoms with Crippen molar-refractivity contribution in [1.82, 2.24) is 44.4 Å². The zero-order chi connectivity index (χ0) is 74.7. The van der Waals surface area contributed by atoms with Crippen LogP contribution in [0.4, 0.5) is 0 Å². The van der Waals surface area contributed by atoms with E-state index in [-0.39, 0.29) is 0 Å². The third-order valence-corrected chi connectivity index (χ3v) is 21.1. The topological polar surface area (TPSA) is 185 Å². The molecule has 0 saturated heterocycles. The summed E-state index contributed by atoms with van der Waals surface area (Å²) in [6, 6.07) is 42.8. The van der Waals surface area contributed by atoms with Gasteiger partial charge in [0.05, 0.1) is 96.7 Å². The first-order chi connectivity index (χ1) is 53.7. The largest absolute Gasteiger partial charge is 0.492 e. The molecule has 0 unspecified atom stereocenters. The maximum Gasteiger partial charge on any atom is 0.168 e. The van der Waals surface area contributed by atoms with Gasteiger partial charge in [0.1, 0.15) is 68.4 Å². The number of rotatable bonds is 32. The number of nitrogens with zero attached hydrogens (tertiary/aromatic N) is 8. The fourth-order valence-corrected chi connectivity index (χ4v) is 15.3. The van der Waals surface area contributed by atoms with Crippen molar-refractivity contribution < 1.29 is 37.9 Å². The lowest BCUT2D eigenvalue weighted by Crippen LogP contribution is -2.04. The van der Waals surface area contributed by atoms with E-state index in [1.165, 1.54) is 0 Å². The minimum absolute atomic E-state index is 0.327. The average Bonchev–Trinajstić information content (AvgIpc) is 1.68. The van der Waals surface area contributed by atoms with E-state index in [2.05, 4.69) is 180 Å². The molecule has 0 amide bonds. The van der Waals surface area contributed by atoms with Crippen LogP contribution in [0.5, 0.6) is 46.0 Å². The summed E-state index contributed by atoms with van der Waals surface area (Å²) in [6.07, 6.45) is 15.3. The van der Waals surface area contributed by atoms with Crippen LogP contribution in [-0.4, -0.2) is 97.3 Å². The highest BCUT2D eigenvalue weighted by atomic mass is 16.5. The number of benzene rings is 10. The molecule has 0 atom stereocenters. The van der Waals surface area contributed by atoms with Crippen LogP contribution >= 0.6 is 0 Å². The number of pyridine rings is 1. The predicted molar refractivity (Wildman–Crippen MR) is 444 cm³/mol. The normalized spacial score (nSPS) is 12.0. The van der Waals surface area contributed by atoms with Crippen molar-refractivity contribution in [2.45, 2.75) is 158 Å². The summed E-state index contributed by atoms with van der Waals surface area (Å²) in [5.41, 5.74) is 4.95. The zero-order valence-corrected chi connectivity index (χ0v) is 64.4. The Hall–Kier alpha value is -11.1. The summed E-state index contributed by atoms with van der Waals surface area (Å²) in [4.78, 5) is 45.0. The van der Waals surface area contributed by atoms with Gasteiger partial charge in [-0.1, -0.05) is 180 Å². The number of ether oxygens (including phenoxy) is 8. The van der Waals surface area contributed by atoms with E-state index in [1.807, 2.05) is 19.3 Å². The van der Waals surface area contributed by atoms with E-state index in [4.69, 9.17) is 72.8 Å². The Labute approximate surface area is 635 Å². The Morgan fingerprint density at radius 3 is 0.862 bits per heavy atom. The first kappa shape index (κ1) is 72.1. The van der Waals surface area contributed by atoms with Crippen molar-refractivity contribution in [1.29, 1.82) is 0 Å². The van der Waals surface area contributed by atoms with Gasteiger partial charge in [0, 0.05) is 50.9 Å². The molecule has 0 spiro atoms. The smallest absolute Gasteiger partial charge is 0.168 e. The van der Waals surface area contributed by atoms with E-state index < -0.39 is 0 Å². The summed E-state index contributed by atoms with van der Waals surface area (Å²) in [7, 11) is 2.03. The molecular formula is C92H97N9O8. The van der Waals surface area contributed by atoms with E-state index in [9.17, 15) is 0 Å². The van der Waals surface area contributed by atoms with Crippen LogP contribution in [0, 0.1) is 0 Å². The lowest BCUT2D eigenvalue weighted by Gasteiger charge is -2.19. The Bertz CT molecular complexity index is 5650. The van der Waals surface area contributed by atoms with Crippen LogP contribution in [-0.2, 0) is 7.05 Å². The molecule has 2 aliphatic rings. The molecule has 109 heavy (non-hydrogen) atoms. The van der Waals surface area contributed by atoms with Crippen LogP contribution in [0.2, 0.25) is 0 Å². The Morgan fingerprint density at radius 2 is 0.550 bits per heavy atom. The van der Waals surface area contributed by atoms with Crippen molar-refractivity contribution in [3.63, 3.8) is 0 Å². The van der Waals surface area contributed by atoms with Crippen molar-refractivity contribution in [3.8, 4) is 91.5 Å². The Kier molecular flexibility index (Phi) is 21.2. The molecule has 14 aromatic rings. The first-order valence-corrected chi connectivity index (χ1v) is 40.1. The molecule has 17 nitrogen and oxygen atoms in total. The van der Waals surface area contributed by atoms with Crippen molar-refractivity contribution in [2.75, 3.05) is 52.9 Å². The fourth-order valence-electron chi connectivity index (χ4n) is 15.3. The Balaban J connectivity index is 1.20. The number of nitrogens with one attached hydrogen (secondary N) is 1. The van der Waals surface area contributed by atoms with Gasteiger partial charge in [0.15, 0.2) is 29.0 Å². The monoisotopic (exact) mass is 1460 g/mol. The van der Waals surface area contributed by atoms with Crippen molar-refractivity contribution in [2.24, 2.45) is 7.05 Å². The fraction of sp³-hybridized carbons (Fsp3) is 0.359. The van der Waals surface area contributed by atoms with Gasteiger partial charge < -0.3 is 47.4 Å². The van der Waals surface area contributed by atoms with Crippen LogP contribution in [0.1, 0.15) is 158 Å². The molecule has 8 bridgehead atoms. The van der Waals surface area contributed by atoms with Gasteiger partial charge in [0.25, 0.3) is 0 Å². The number of fused-ring (bicyclic) bond motifs is 27. The number of aryl methyl sites for hydroxylation is 1. The Morgan fingerprint density at radius 1 is 0.284 bits per heavy atom. The highest BCUT2D eigenvalue weighted by Crippen LogP contribution is 2.57. The molecule has 4 aromatic heterocycles. The van der Waals surface area contributed by atoms with Gasteiger partial charge in [-0.3, -0.25) is 4.98 Å². The average molecular weight is 1460 g/mol. The van der Waals surface area contributed by atoms with Crippen molar-refractivity contribution in [3.05, 3.63) is 128 Å². The molecular weight excluding hydrogens is 1360 g/mol. The van der Waals surface area contributed by atoms with Gasteiger partial charge >= 0.3 is 0 Å². The van der Waals surface area contributed by atoms with E-state index in [1.54, 1.807) is 0 Å². The molecule has 2 aliphatic heterocycles. The molecule has 10 aromatic carbocycles. The van der Waals surface area contributed by atoms with Crippen LogP contribution in [0.3, 0.4) is 0 Å². The maximum atomic E-state index is 7.43. The second-order valence-electron chi connectivity index (χ2n) is 28.9. The lowest BCUT2D eigenvalue weighted by molar-refractivity contribution is 0.308. The minimum atomic E-state index is 0.327. The molecule has 0 saturated carbocycles. The van der Waals surface area contributed by atoms with E-state index >= 15 is 0 Å². The van der Waals surface area contributed by atoms with Crippen molar-refractivity contribution >= 4 is 120 Å². The number of aromatic nitrogens is 9. The number of H-pyrrole nitrogens is 1. The lowest BCUT2D eigenvalue weighted by atomic mass is 9.95. The summed E-state index contributed by atoms with van der Waals surface area (Å²) in [6.45, 7) is 20.8. The molecule has 0 radical (unpaired) electrons. The van der Waals surface area contributed by atoms with E-state index in [0.717, 1.165) is 173 Å². The van der Waals surface area contributed by atoms with Crippen LogP contribution in [0.15, 0.2) is 128 Å². The number of hydrogen-bond donors (Lipinski definition) is 1. The van der Waals surface area contributed by atoms with Gasteiger partial charge in [-0.2, -0.15) is 0 Å². The summed E-state index contributed by atoms with van der Waals surface area (Å²) in [5.74, 6) is 6.20. The second kappa shape index (κ2) is 32.0. The van der Waals surface area contributed by atoms with Gasteiger partial charge in [-0.25, -0.2) is 29.9 Å². The molecule has 17 heteroatoms. The molecule has 558 valence electrons. The molecule has 1 N–H and O–H groups in total. The quantitative estimate of drug-likeness (QED) is 0.0310. The first-order valence-electron chi connectivity index (χ1n) is 40.1. The summed E-state index contributed by atoms with van der Waals surface area (Å²) >= 11 is 0. The molecule has 16 rings (SSSR count). The third-order valence-electron chi connectivity index (χ3n) is 21.1. The summed E-state index contributed by atoms with van der Waals surface area (Å²) < 4.78 is 60.9. The van der Waals surface area contributed by atoms with E-state index in [0.29, 0.717) is 194 Å². The minimum Gasteiger partial charge on any atom is -0.492 e. The maximum absolute atomic E-state index is 7.43. The highest BCUT2D eigenvalue weighted by molar-refractivity contribution is 6.24. The number of aromatic amines is 1. The van der Waals surface area contributed by atoms with Gasteiger partial charge in [0.2, 0.25) is 0 Å². The second-order valence-corrected chi connectivity index (χ2v) is 28.9. The third kappa shape index (κ3) is 13.2. The molecule has 6 heterocycles. The zero-order valence-electron chi connectivity index (χ0n) is 64.4. The van der Waals surface area contributed by atoms with Gasteiger partial charge in [-0.05, 0) is 132 Å². The number of unbranched alkanes of at least 4 members (excludes halogenated alkanes) is 8. The predicted octanol–water partition coefficient (Wildman–Crippen LogP) is 23.8. The highest BCUT2D eigenvalue weighted by Gasteiger charge is 2.37. The summed E-state index contributed by atoms with van der Waals surface area (Å²) in [5, 5.41) is 14.9. The molecule has 0 aliphatic carbocycles. The number of hydrogen-bond acceptors (Lipinski definition) is 15. The van der Waals surface area contributed by atoms with Gasteiger partial charge in [-0.15, -0.1) is 0 Å². The SMILES string of the molecule is CCCCOc1c2c(c(OCCCC)c3cc4ccccc4cc13)-c1nc-2nc2[nH]c(nc3nc(nc4c5c(OCCCC)c6cc7ccccc7cc6c(OCCCC)c5c(n1)n4C)-c1c-3c(OCCCC)c3cc4ccccc4cc3c1OCCCC)c1c(OCCCC)c3ncccc3c(OCCCC)c21. The standard InChI is InChI=1S/C92H97N9O8/c1-10-18-41-102-77-61-39-32-40-93-76(61)84(109-48-25-17-8)73-72(77)87-94-85-68-70(80(105-44-21-13-4)64-51-57-35-28-26-33-55(57)49-62(64)78(68)103-42-19-11-2)89(97-85)99-91-74-75(83(108-47-24-16-7)67-54-60-38-31-30-37-59(60)53-66(67)82(74)107-46-23-15-6)92(101(91)9)100-90-71-69(86(98-90)95-88(73)96-87)79(104-43-20-12-3)63-50-56-34-27-29-36-58(56)52-65(63)81(71)106-45-22-14-5/h26-40,49-54H,10-25,41-48H2,1-9H3,(H,94,95,96,97,98,99,100).